The van der Waals surface area contributed by atoms with E-state index in [9.17, 15) is 10.2 Å². The Bertz CT molecular complexity index is 1110. The van der Waals surface area contributed by atoms with E-state index in [2.05, 4.69) is 47.9 Å². The summed E-state index contributed by atoms with van der Waals surface area (Å²) in [5.74, 6) is 1.75. The van der Waals surface area contributed by atoms with Gasteiger partial charge in [0, 0.05) is 20.8 Å². The number of aliphatic hydroxyl groups excluding tert-OH is 2. The van der Waals surface area contributed by atoms with Crippen molar-refractivity contribution in [2.45, 2.75) is 24.5 Å². The van der Waals surface area contributed by atoms with Crippen molar-refractivity contribution in [2.75, 3.05) is 29.1 Å². The smallest absolute Gasteiger partial charge is 0.193 e. The summed E-state index contributed by atoms with van der Waals surface area (Å²) in [6.07, 6.45) is -0.741. The number of rotatable bonds is 7. The molecule has 1 fully saturated rings. The fraction of sp³-hybridized carbons (Fsp3) is 0.368. The van der Waals surface area contributed by atoms with Gasteiger partial charge in [-0.2, -0.15) is 11.8 Å². The van der Waals surface area contributed by atoms with Crippen LogP contribution in [0.2, 0.25) is 0 Å². The Morgan fingerprint density at radius 3 is 2.94 bits per heavy atom. The zero-order chi connectivity index (χ0) is 22.7. The lowest BCUT2D eigenvalue weighted by Crippen LogP contribution is -2.32. The van der Waals surface area contributed by atoms with Gasteiger partial charge in [0.25, 0.3) is 0 Å². The van der Waals surface area contributed by atoms with Crippen LogP contribution in [-0.2, 0) is 4.74 Å². The standard InChI is InChI=1S/C19H23IN8O3S/c20-10-2-1-3-11(6-10)27-19(22)23-4-5-32-7-12-14(29)15(30)18(31-12)28-9-26-13-16(21)24-8-25-17(13)28/h1-3,6,8-9,12,14-15,18,29-30H,4-5,7H2,(H2,21,24,25)(H3,22,23,27)/t12-,14-,15-,18-/m1/s1. The van der Waals surface area contributed by atoms with Crippen LogP contribution < -0.4 is 16.8 Å². The lowest BCUT2D eigenvalue weighted by Gasteiger charge is -2.16. The number of thioether (sulfide) groups is 1. The largest absolute Gasteiger partial charge is 0.387 e. The minimum atomic E-state index is -1.12. The van der Waals surface area contributed by atoms with Gasteiger partial charge in [0.15, 0.2) is 23.7 Å². The number of imidazole rings is 1. The van der Waals surface area contributed by atoms with E-state index < -0.39 is 24.5 Å². The predicted molar refractivity (Wildman–Crippen MR) is 132 cm³/mol. The molecule has 0 aliphatic carbocycles. The molecule has 32 heavy (non-hydrogen) atoms. The summed E-state index contributed by atoms with van der Waals surface area (Å²) in [6.45, 7) is 0.505. The molecule has 0 unspecified atom stereocenters. The maximum Gasteiger partial charge on any atom is 0.193 e. The highest BCUT2D eigenvalue weighted by atomic mass is 127. The van der Waals surface area contributed by atoms with Crippen LogP contribution in [0.25, 0.3) is 11.2 Å². The number of nitrogens with zero attached hydrogens (tertiary/aromatic N) is 5. The quantitative estimate of drug-likeness (QED) is 0.119. The van der Waals surface area contributed by atoms with Crippen molar-refractivity contribution in [3.63, 3.8) is 0 Å². The number of hydrogen-bond acceptors (Lipinski definition) is 9. The summed E-state index contributed by atoms with van der Waals surface area (Å²) >= 11 is 3.79. The summed E-state index contributed by atoms with van der Waals surface area (Å²) < 4.78 is 8.59. The molecule has 0 radical (unpaired) electrons. The molecule has 3 heterocycles. The average Bonchev–Trinajstić information content (AvgIpc) is 3.31. The third kappa shape index (κ3) is 5.06. The van der Waals surface area contributed by atoms with Crippen LogP contribution in [0.15, 0.2) is 41.9 Å². The van der Waals surface area contributed by atoms with Crippen molar-refractivity contribution in [3.05, 3.63) is 40.5 Å². The molecule has 4 atom stereocenters. The zero-order valence-electron chi connectivity index (χ0n) is 16.9. The number of fused-ring (bicyclic) bond motifs is 1. The predicted octanol–water partition coefficient (Wildman–Crippen LogP) is 0.792. The van der Waals surface area contributed by atoms with Crippen LogP contribution >= 0.6 is 34.4 Å². The number of aliphatic hydroxyl groups is 2. The molecule has 170 valence electrons. The van der Waals surface area contributed by atoms with Gasteiger partial charge in [-0.25, -0.2) is 15.0 Å². The summed E-state index contributed by atoms with van der Waals surface area (Å²) in [6, 6.07) is 7.83. The van der Waals surface area contributed by atoms with Gasteiger partial charge in [-0.05, 0) is 40.8 Å². The highest BCUT2D eigenvalue weighted by Gasteiger charge is 2.44. The molecule has 4 rings (SSSR count). The Balaban J connectivity index is 1.28. The maximum absolute atomic E-state index is 10.5. The number of nitrogen functional groups attached to an aromatic ring is 1. The lowest BCUT2D eigenvalue weighted by atomic mass is 10.1. The van der Waals surface area contributed by atoms with E-state index in [1.807, 2.05) is 24.3 Å². The highest BCUT2D eigenvalue weighted by Crippen LogP contribution is 2.33. The summed E-state index contributed by atoms with van der Waals surface area (Å²) in [5.41, 5.74) is 13.5. The topological polar surface area (TPSA) is 170 Å². The highest BCUT2D eigenvalue weighted by molar-refractivity contribution is 14.1. The van der Waals surface area contributed by atoms with Gasteiger partial charge in [0.2, 0.25) is 0 Å². The van der Waals surface area contributed by atoms with E-state index in [-0.39, 0.29) is 5.82 Å². The fourth-order valence-electron chi connectivity index (χ4n) is 3.34. The number of halogens is 1. The van der Waals surface area contributed by atoms with Crippen molar-refractivity contribution in [2.24, 2.45) is 10.7 Å². The number of aromatic nitrogens is 4. The number of anilines is 2. The molecule has 0 bridgehead atoms. The van der Waals surface area contributed by atoms with Gasteiger partial charge < -0.3 is 31.7 Å². The number of ether oxygens (including phenoxy) is 1. The monoisotopic (exact) mass is 570 g/mol. The van der Waals surface area contributed by atoms with Crippen LogP contribution in [0.4, 0.5) is 11.5 Å². The summed E-state index contributed by atoms with van der Waals surface area (Å²) in [4.78, 5) is 16.6. The Hall–Kier alpha value is -2.20. The number of benzene rings is 1. The summed E-state index contributed by atoms with van der Waals surface area (Å²) in [7, 11) is 0. The maximum atomic E-state index is 10.5. The van der Waals surface area contributed by atoms with E-state index >= 15 is 0 Å². The molecule has 3 aromatic rings. The first-order chi connectivity index (χ1) is 15.4. The molecule has 1 aliphatic rings. The molecule has 0 saturated carbocycles. The normalized spacial score (nSPS) is 23.7. The first kappa shape index (κ1) is 23.0. The minimum Gasteiger partial charge on any atom is -0.387 e. The first-order valence-electron chi connectivity index (χ1n) is 9.79. The zero-order valence-corrected chi connectivity index (χ0v) is 19.8. The molecular weight excluding hydrogens is 547 g/mol. The van der Waals surface area contributed by atoms with E-state index in [1.165, 1.54) is 12.7 Å². The first-order valence-corrected chi connectivity index (χ1v) is 12.0. The molecule has 1 saturated heterocycles. The second-order valence-electron chi connectivity index (χ2n) is 7.11. The summed E-state index contributed by atoms with van der Waals surface area (Å²) in [5, 5.41) is 24.0. The molecule has 1 aromatic carbocycles. The molecule has 2 aromatic heterocycles. The van der Waals surface area contributed by atoms with Crippen LogP contribution in [0, 0.1) is 3.57 Å². The van der Waals surface area contributed by atoms with E-state index in [4.69, 9.17) is 16.2 Å². The Kier molecular flexibility index (Phi) is 7.30. The van der Waals surface area contributed by atoms with Crippen LogP contribution in [-0.4, -0.2) is 72.1 Å². The van der Waals surface area contributed by atoms with Crippen molar-refractivity contribution in [3.8, 4) is 0 Å². The third-order valence-corrected chi connectivity index (χ3v) is 6.60. The SMILES string of the molecule is NC(=NCCSC[C@H]1O[C@@H](n2cnc3c(N)ncnc32)[C@H](O)[C@@H]1O)Nc1cccc(I)c1. The van der Waals surface area contributed by atoms with Crippen molar-refractivity contribution < 1.29 is 14.9 Å². The minimum absolute atomic E-state index is 0.241. The molecule has 11 nitrogen and oxygen atoms in total. The van der Waals surface area contributed by atoms with Crippen LogP contribution in [0.3, 0.4) is 0 Å². The van der Waals surface area contributed by atoms with Crippen molar-refractivity contribution in [1.82, 2.24) is 19.5 Å². The van der Waals surface area contributed by atoms with Crippen molar-refractivity contribution >= 4 is 63.0 Å². The average molecular weight is 570 g/mol. The molecule has 1 aliphatic heterocycles. The number of hydrogen-bond donors (Lipinski definition) is 5. The molecule has 0 amide bonds. The Morgan fingerprint density at radius 1 is 1.28 bits per heavy atom. The second-order valence-corrected chi connectivity index (χ2v) is 9.50. The van der Waals surface area contributed by atoms with Gasteiger partial charge in [-0.1, -0.05) is 6.07 Å². The molecule has 7 N–H and O–H groups in total. The van der Waals surface area contributed by atoms with Crippen LogP contribution in [0.1, 0.15) is 6.23 Å². The number of guanidine groups is 1. The molecular formula is C19H23IN8O3S. The Morgan fingerprint density at radius 2 is 2.12 bits per heavy atom. The van der Waals surface area contributed by atoms with Gasteiger partial charge in [-0.3, -0.25) is 9.56 Å². The number of aliphatic imine (C=N–C) groups is 1. The second kappa shape index (κ2) is 10.2. The van der Waals surface area contributed by atoms with Gasteiger partial charge in [0.1, 0.15) is 24.1 Å². The van der Waals surface area contributed by atoms with Gasteiger partial charge in [-0.15, -0.1) is 0 Å². The molecule has 0 spiro atoms. The lowest BCUT2D eigenvalue weighted by molar-refractivity contribution is -0.0289. The molecule has 13 heteroatoms. The van der Waals surface area contributed by atoms with E-state index in [0.717, 1.165) is 9.26 Å². The van der Waals surface area contributed by atoms with Crippen LogP contribution in [0.5, 0.6) is 0 Å². The third-order valence-electron chi connectivity index (χ3n) is 4.90. The van der Waals surface area contributed by atoms with Gasteiger partial charge in [0.05, 0.1) is 19.0 Å². The van der Waals surface area contributed by atoms with Crippen molar-refractivity contribution in [1.29, 1.82) is 0 Å². The Labute approximate surface area is 201 Å². The number of nitrogens with one attached hydrogen (secondary N) is 1. The number of nitrogens with two attached hydrogens (primary N) is 2. The fourth-order valence-corrected chi connectivity index (χ4v) is 4.77. The van der Waals surface area contributed by atoms with Gasteiger partial charge >= 0.3 is 0 Å². The van der Waals surface area contributed by atoms with E-state index in [0.29, 0.717) is 35.2 Å². The van der Waals surface area contributed by atoms with E-state index in [1.54, 1.807) is 16.3 Å².